The van der Waals surface area contributed by atoms with Gasteiger partial charge in [-0.2, -0.15) is 4.37 Å². The molecule has 1 N–H and O–H groups in total. The van der Waals surface area contributed by atoms with Crippen LogP contribution in [0.5, 0.6) is 0 Å². The fourth-order valence-electron chi connectivity index (χ4n) is 2.06. The van der Waals surface area contributed by atoms with E-state index < -0.39 is 0 Å². The van der Waals surface area contributed by atoms with Crippen LogP contribution in [0.3, 0.4) is 0 Å². The minimum atomic E-state index is 0.640. The lowest BCUT2D eigenvalue weighted by molar-refractivity contribution is 0.462. The van der Waals surface area contributed by atoms with Crippen molar-refractivity contribution in [2.45, 2.75) is 57.9 Å². The SMILES string of the molecule is CCCc1nsc(NC2CCCCC2)n1. The van der Waals surface area contributed by atoms with Gasteiger partial charge in [0.15, 0.2) is 0 Å². The van der Waals surface area contributed by atoms with E-state index in [4.69, 9.17) is 0 Å². The number of aryl methyl sites for hydroxylation is 1. The minimum absolute atomic E-state index is 0.640. The number of anilines is 1. The molecule has 4 heteroatoms. The van der Waals surface area contributed by atoms with Crippen LogP contribution < -0.4 is 5.32 Å². The Bertz CT molecular complexity index is 292. The summed E-state index contributed by atoms with van der Waals surface area (Å²) < 4.78 is 4.34. The Morgan fingerprint density at radius 1 is 1.33 bits per heavy atom. The summed E-state index contributed by atoms with van der Waals surface area (Å²) in [6.07, 6.45) is 8.83. The van der Waals surface area contributed by atoms with Crippen molar-refractivity contribution in [2.75, 3.05) is 5.32 Å². The van der Waals surface area contributed by atoms with E-state index >= 15 is 0 Å². The third-order valence-corrected chi connectivity index (χ3v) is 3.56. The molecule has 1 fully saturated rings. The topological polar surface area (TPSA) is 37.8 Å². The molecule has 0 amide bonds. The lowest BCUT2D eigenvalue weighted by Crippen LogP contribution is -2.22. The second-order valence-electron chi connectivity index (χ2n) is 4.25. The van der Waals surface area contributed by atoms with Crippen molar-refractivity contribution in [3.05, 3.63) is 5.82 Å². The van der Waals surface area contributed by atoms with E-state index in [9.17, 15) is 0 Å². The zero-order chi connectivity index (χ0) is 10.5. The van der Waals surface area contributed by atoms with E-state index in [1.807, 2.05) is 0 Å². The molecule has 0 bridgehead atoms. The Kier molecular flexibility index (Phi) is 3.94. The molecule has 0 spiro atoms. The van der Waals surface area contributed by atoms with Gasteiger partial charge >= 0.3 is 0 Å². The van der Waals surface area contributed by atoms with Crippen molar-refractivity contribution in [2.24, 2.45) is 0 Å². The maximum absolute atomic E-state index is 4.49. The second-order valence-corrected chi connectivity index (χ2v) is 5.00. The summed E-state index contributed by atoms with van der Waals surface area (Å²) in [5, 5.41) is 4.52. The van der Waals surface area contributed by atoms with E-state index in [-0.39, 0.29) is 0 Å². The summed E-state index contributed by atoms with van der Waals surface area (Å²) in [6.45, 7) is 2.16. The van der Waals surface area contributed by atoms with Crippen molar-refractivity contribution in [3.63, 3.8) is 0 Å². The molecule has 0 aromatic carbocycles. The van der Waals surface area contributed by atoms with Gasteiger partial charge in [0, 0.05) is 24.0 Å². The zero-order valence-electron chi connectivity index (χ0n) is 9.33. The van der Waals surface area contributed by atoms with Crippen LogP contribution in [0.1, 0.15) is 51.3 Å². The van der Waals surface area contributed by atoms with Gasteiger partial charge in [0.25, 0.3) is 0 Å². The van der Waals surface area contributed by atoms with Crippen LogP contribution in [-0.2, 0) is 6.42 Å². The molecule has 15 heavy (non-hydrogen) atoms. The van der Waals surface area contributed by atoms with Crippen molar-refractivity contribution in [3.8, 4) is 0 Å². The molecular weight excluding hydrogens is 206 g/mol. The maximum atomic E-state index is 4.49. The molecule has 3 nitrogen and oxygen atoms in total. The summed E-state index contributed by atoms with van der Waals surface area (Å²) in [5.41, 5.74) is 0. The van der Waals surface area contributed by atoms with E-state index in [1.165, 1.54) is 43.6 Å². The number of aromatic nitrogens is 2. The highest BCUT2D eigenvalue weighted by atomic mass is 32.1. The van der Waals surface area contributed by atoms with Gasteiger partial charge in [-0.3, -0.25) is 0 Å². The molecule has 0 unspecified atom stereocenters. The van der Waals surface area contributed by atoms with Gasteiger partial charge in [0.2, 0.25) is 5.13 Å². The molecule has 1 aliphatic carbocycles. The Morgan fingerprint density at radius 2 is 2.13 bits per heavy atom. The molecule has 2 rings (SSSR count). The van der Waals surface area contributed by atoms with Crippen molar-refractivity contribution >= 4 is 16.7 Å². The third kappa shape index (κ3) is 3.16. The summed E-state index contributed by atoms with van der Waals surface area (Å²) >= 11 is 1.51. The number of hydrogen-bond donors (Lipinski definition) is 1. The molecule has 0 atom stereocenters. The Morgan fingerprint density at radius 3 is 2.87 bits per heavy atom. The molecule has 84 valence electrons. The lowest BCUT2D eigenvalue weighted by Gasteiger charge is -2.21. The number of hydrogen-bond acceptors (Lipinski definition) is 4. The van der Waals surface area contributed by atoms with Gasteiger partial charge in [0.05, 0.1) is 0 Å². The predicted molar refractivity (Wildman–Crippen MR) is 64.4 cm³/mol. The van der Waals surface area contributed by atoms with Crippen LogP contribution >= 0.6 is 11.5 Å². The number of nitrogens with zero attached hydrogens (tertiary/aromatic N) is 2. The molecule has 1 heterocycles. The van der Waals surface area contributed by atoms with E-state index in [2.05, 4.69) is 21.6 Å². The molecule has 1 aromatic rings. The highest BCUT2D eigenvalue weighted by Crippen LogP contribution is 2.22. The molecule has 1 aromatic heterocycles. The van der Waals surface area contributed by atoms with Gasteiger partial charge in [-0.1, -0.05) is 26.2 Å². The van der Waals surface area contributed by atoms with Crippen LogP contribution in [0, 0.1) is 0 Å². The van der Waals surface area contributed by atoms with Crippen LogP contribution in [-0.4, -0.2) is 15.4 Å². The Labute approximate surface area is 95.5 Å². The highest BCUT2D eigenvalue weighted by Gasteiger charge is 2.14. The average Bonchev–Trinajstić information content (AvgIpc) is 2.68. The fourth-order valence-corrected chi connectivity index (χ4v) is 2.75. The summed E-state index contributed by atoms with van der Waals surface area (Å²) in [5.74, 6) is 1.00. The second kappa shape index (κ2) is 5.45. The van der Waals surface area contributed by atoms with Crippen molar-refractivity contribution in [1.82, 2.24) is 9.36 Å². The molecular formula is C11H19N3S. The summed E-state index contributed by atoms with van der Waals surface area (Å²) in [4.78, 5) is 4.49. The first kappa shape index (κ1) is 10.9. The van der Waals surface area contributed by atoms with Gasteiger partial charge < -0.3 is 5.32 Å². The third-order valence-electron chi connectivity index (χ3n) is 2.87. The first-order chi connectivity index (χ1) is 7.38. The molecule has 0 radical (unpaired) electrons. The van der Waals surface area contributed by atoms with Gasteiger partial charge in [0.1, 0.15) is 5.82 Å². The smallest absolute Gasteiger partial charge is 0.202 e. The Balaban J connectivity index is 1.86. The first-order valence-electron chi connectivity index (χ1n) is 5.97. The maximum Gasteiger partial charge on any atom is 0.202 e. The molecule has 1 aliphatic rings. The van der Waals surface area contributed by atoms with Crippen LogP contribution in [0.25, 0.3) is 0 Å². The van der Waals surface area contributed by atoms with Gasteiger partial charge in [-0.05, 0) is 19.3 Å². The predicted octanol–water partition coefficient (Wildman–Crippen LogP) is 3.24. The number of rotatable bonds is 4. The molecule has 1 saturated carbocycles. The van der Waals surface area contributed by atoms with Crippen molar-refractivity contribution in [1.29, 1.82) is 0 Å². The molecule has 0 saturated heterocycles. The van der Waals surface area contributed by atoms with Gasteiger partial charge in [-0.25, -0.2) is 4.98 Å². The van der Waals surface area contributed by atoms with Crippen LogP contribution in [0.2, 0.25) is 0 Å². The van der Waals surface area contributed by atoms with Crippen LogP contribution in [0.4, 0.5) is 5.13 Å². The fraction of sp³-hybridized carbons (Fsp3) is 0.818. The zero-order valence-corrected chi connectivity index (χ0v) is 10.1. The monoisotopic (exact) mass is 225 g/mol. The van der Waals surface area contributed by atoms with Crippen molar-refractivity contribution < 1.29 is 0 Å². The van der Waals surface area contributed by atoms with E-state index in [0.717, 1.165) is 23.8 Å². The van der Waals surface area contributed by atoms with E-state index in [1.54, 1.807) is 0 Å². The lowest BCUT2D eigenvalue weighted by atomic mass is 9.96. The minimum Gasteiger partial charge on any atom is -0.358 e. The van der Waals surface area contributed by atoms with Crippen LogP contribution in [0.15, 0.2) is 0 Å². The average molecular weight is 225 g/mol. The normalized spacial score (nSPS) is 17.9. The van der Waals surface area contributed by atoms with Gasteiger partial charge in [-0.15, -0.1) is 0 Å². The number of nitrogens with one attached hydrogen (secondary N) is 1. The standard InChI is InChI=1S/C11H19N3S/c1-2-6-10-13-11(15-14-10)12-9-7-4-3-5-8-9/h9H,2-8H2,1H3,(H,12,13,14). The quantitative estimate of drug-likeness (QED) is 0.855. The summed E-state index contributed by atoms with van der Waals surface area (Å²) in [6, 6.07) is 0.640. The first-order valence-corrected chi connectivity index (χ1v) is 6.75. The summed E-state index contributed by atoms with van der Waals surface area (Å²) in [7, 11) is 0. The Hall–Kier alpha value is -0.640. The van der Waals surface area contributed by atoms with E-state index in [0.29, 0.717) is 6.04 Å². The highest BCUT2D eigenvalue weighted by molar-refractivity contribution is 7.09. The largest absolute Gasteiger partial charge is 0.358 e. The molecule has 0 aliphatic heterocycles.